The van der Waals surface area contributed by atoms with Crippen LogP contribution in [0, 0.1) is 34.0 Å². The number of aliphatic hydroxyl groups is 1. The van der Waals surface area contributed by atoms with Crippen LogP contribution in [0.4, 0.5) is 5.82 Å². The molecule has 2 aromatic heterocycles. The smallest absolute Gasteiger partial charge is 0.344 e. The number of anilines is 1. The summed E-state index contributed by atoms with van der Waals surface area (Å²) >= 11 is 0. The summed E-state index contributed by atoms with van der Waals surface area (Å²) in [5.74, 6) is -0.641. The predicted molar refractivity (Wildman–Crippen MR) is 150 cm³/mol. The highest BCUT2D eigenvalue weighted by Crippen LogP contribution is 2.68. The molecule has 0 aromatic carbocycles. The van der Waals surface area contributed by atoms with Gasteiger partial charge in [-0.15, -0.1) is 11.7 Å². The van der Waals surface area contributed by atoms with Gasteiger partial charge in [-0.3, -0.25) is 9.59 Å². The summed E-state index contributed by atoms with van der Waals surface area (Å²) in [6.07, 6.45) is 5.09. The maximum atomic E-state index is 13.8. The third kappa shape index (κ3) is 4.21. The number of ketones is 1. The van der Waals surface area contributed by atoms with Crippen LogP contribution >= 0.6 is 0 Å². The van der Waals surface area contributed by atoms with Crippen molar-refractivity contribution in [2.24, 2.45) is 34.0 Å². The van der Waals surface area contributed by atoms with Crippen molar-refractivity contribution in [3.05, 3.63) is 64.7 Å². The number of nitrogens with zero attached hydrogens (tertiary/aromatic N) is 3. The van der Waals surface area contributed by atoms with E-state index < -0.39 is 34.6 Å². The first-order valence-corrected chi connectivity index (χ1v) is 14.2. The van der Waals surface area contributed by atoms with Crippen molar-refractivity contribution in [3.8, 4) is 0 Å². The fourth-order valence-electron chi connectivity index (χ4n) is 8.14. The number of hydrogen-bond donors (Lipinski definition) is 2. The molecule has 3 saturated carbocycles. The van der Waals surface area contributed by atoms with E-state index in [1.165, 1.54) is 10.6 Å². The van der Waals surface area contributed by atoms with Gasteiger partial charge in [0, 0.05) is 29.4 Å². The summed E-state index contributed by atoms with van der Waals surface area (Å²) in [6.45, 7) is 12.4. The number of hydrogen-bond acceptors (Lipinski definition) is 8. The van der Waals surface area contributed by atoms with Gasteiger partial charge in [-0.2, -0.15) is 5.10 Å². The molecule has 0 radical (unpaired) electrons. The third-order valence-corrected chi connectivity index (χ3v) is 10.9. The van der Waals surface area contributed by atoms with Crippen LogP contribution in [-0.4, -0.2) is 43.8 Å². The average Bonchev–Trinajstić information content (AvgIpc) is 3.29. The molecule has 0 spiro atoms. The molecule has 2 heterocycles. The second-order valence-corrected chi connectivity index (χ2v) is 12.8. The molecular weight excluding hydrogens is 508 g/mol. The SMILES string of the molecule is C=C[C@]1(C)C[C@@H](OC(=O)c2cccn(Cc3ccc(N)nn3)c2=O)[C@]2(C)C(C)CC[C@]3(CCC(=O)C32)[C@@H](C)[C@@H]1O. The van der Waals surface area contributed by atoms with Crippen LogP contribution in [0.5, 0.6) is 0 Å². The van der Waals surface area contributed by atoms with Gasteiger partial charge in [-0.25, -0.2) is 4.79 Å². The normalized spacial score (nSPS) is 37.2. The van der Waals surface area contributed by atoms with Crippen LogP contribution in [0.15, 0.2) is 47.9 Å². The molecule has 0 saturated heterocycles. The van der Waals surface area contributed by atoms with Gasteiger partial charge in [0.15, 0.2) is 0 Å². The minimum Gasteiger partial charge on any atom is -0.458 e. The van der Waals surface area contributed by atoms with Gasteiger partial charge in [-0.05, 0) is 67.2 Å². The highest BCUT2D eigenvalue weighted by Gasteiger charge is 2.68. The van der Waals surface area contributed by atoms with Crippen molar-refractivity contribution in [1.29, 1.82) is 0 Å². The van der Waals surface area contributed by atoms with Crippen molar-refractivity contribution in [1.82, 2.24) is 14.8 Å². The number of nitrogen functional groups attached to an aromatic ring is 1. The lowest BCUT2D eigenvalue weighted by Crippen LogP contribution is -2.63. The first-order chi connectivity index (χ1) is 18.9. The Bertz CT molecular complexity index is 1390. The number of Topliss-reactive ketones (excluding diaryl/α,β-unsaturated/α-hetero) is 1. The van der Waals surface area contributed by atoms with Crippen LogP contribution in [0.1, 0.15) is 75.9 Å². The van der Waals surface area contributed by atoms with E-state index in [1.807, 2.05) is 6.92 Å². The molecule has 214 valence electrons. The summed E-state index contributed by atoms with van der Waals surface area (Å²) in [6, 6.07) is 6.35. The van der Waals surface area contributed by atoms with E-state index in [4.69, 9.17) is 10.5 Å². The lowest BCUT2D eigenvalue weighted by atomic mass is 9.44. The number of aliphatic hydroxyl groups excluding tert-OH is 1. The molecule has 5 rings (SSSR count). The molecule has 9 nitrogen and oxygen atoms in total. The van der Waals surface area contributed by atoms with Gasteiger partial charge in [0.25, 0.3) is 5.56 Å². The van der Waals surface area contributed by atoms with Crippen LogP contribution in [0.3, 0.4) is 0 Å². The molecule has 3 aliphatic carbocycles. The number of nitrogens with two attached hydrogens (primary N) is 1. The van der Waals surface area contributed by atoms with Gasteiger partial charge in [0.05, 0.1) is 18.3 Å². The lowest BCUT2D eigenvalue weighted by Gasteiger charge is -2.61. The zero-order chi connectivity index (χ0) is 29.0. The molecule has 40 heavy (non-hydrogen) atoms. The maximum Gasteiger partial charge on any atom is 0.344 e. The molecule has 9 heteroatoms. The minimum atomic E-state index is -0.757. The Balaban J connectivity index is 1.54. The zero-order valence-corrected chi connectivity index (χ0v) is 23.8. The number of pyridine rings is 1. The van der Waals surface area contributed by atoms with Crippen LogP contribution in [0.2, 0.25) is 0 Å². The topological polar surface area (TPSA) is 137 Å². The van der Waals surface area contributed by atoms with Crippen LogP contribution < -0.4 is 11.3 Å². The van der Waals surface area contributed by atoms with Crippen molar-refractivity contribution in [2.75, 3.05) is 5.73 Å². The van der Waals surface area contributed by atoms with Crippen molar-refractivity contribution < 1.29 is 19.4 Å². The standard InChI is InChI=1S/C31H40N4O5/c1-6-29(4)16-23(30(5)18(2)11-13-31(19(3)26(29)37)14-12-22(36)25(30)31)40-28(39)21-8-7-15-35(27(21)38)17-20-9-10-24(32)34-33-20/h6-10,15,18-19,23,25-26,37H,1,11-14,16-17H2,2-5H3,(H2,32,34)/t18?,19-,23+,25?,26-,29+,30-,31-/m0/s1. The highest BCUT2D eigenvalue weighted by atomic mass is 16.5. The fourth-order valence-corrected chi connectivity index (χ4v) is 8.14. The largest absolute Gasteiger partial charge is 0.458 e. The molecule has 0 amide bonds. The first kappa shape index (κ1) is 28.2. The van der Waals surface area contributed by atoms with E-state index in [1.54, 1.807) is 30.5 Å². The first-order valence-electron chi connectivity index (χ1n) is 14.2. The Hall–Kier alpha value is -3.33. The number of aromatic nitrogens is 3. The average molecular weight is 549 g/mol. The quantitative estimate of drug-likeness (QED) is 0.425. The third-order valence-electron chi connectivity index (χ3n) is 10.9. The molecule has 3 aliphatic rings. The molecule has 2 bridgehead atoms. The van der Waals surface area contributed by atoms with Crippen molar-refractivity contribution in [2.45, 2.75) is 78.6 Å². The molecule has 2 aromatic rings. The number of rotatable bonds is 5. The van der Waals surface area contributed by atoms with Crippen molar-refractivity contribution >= 4 is 17.6 Å². The highest BCUT2D eigenvalue weighted by molar-refractivity contribution is 5.89. The summed E-state index contributed by atoms with van der Waals surface area (Å²) in [5.41, 5.74) is 3.75. The molecular formula is C31H40N4O5. The Labute approximate surface area is 234 Å². The number of carbonyl (C=O) groups is 2. The Morgan fingerprint density at radius 2 is 1.98 bits per heavy atom. The van der Waals surface area contributed by atoms with E-state index in [9.17, 15) is 19.5 Å². The summed E-state index contributed by atoms with van der Waals surface area (Å²) in [4.78, 5) is 40.7. The Morgan fingerprint density at radius 1 is 1.23 bits per heavy atom. The van der Waals surface area contributed by atoms with Gasteiger partial charge >= 0.3 is 5.97 Å². The maximum absolute atomic E-state index is 13.8. The lowest BCUT2D eigenvalue weighted by molar-refractivity contribution is -0.192. The predicted octanol–water partition coefficient (Wildman–Crippen LogP) is 3.79. The summed E-state index contributed by atoms with van der Waals surface area (Å²) < 4.78 is 7.68. The minimum absolute atomic E-state index is 0.0958. The number of ether oxygens (including phenoxy) is 1. The second-order valence-electron chi connectivity index (χ2n) is 12.8. The Kier molecular flexibility index (Phi) is 7.01. The van der Waals surface area contributed by atoms with Gasteiger partial charge in [-0.1, -0.05) is 33.8 Å². The van der Waals surface area contributed by atoms with E-state index >= 15 is 0 Å². The molecule has 8 atom stereocenters. The van der Waals surface area contributed by atoms with E-state index in [0.717, 1.165) is 19.3 Å². The van der Waals surface area contributed by atoms with Gasteiger partial charge in [0.2, 0.25) is 0 Å². The van der Waals surface area contributed by atoms with E-state index in [2.05, 4.69) is 37.5 Å². The summed E-state index contributed by atoms with van der Waals surface area (Å²) in [5, 5.41) is 19.5. The van der Waals surface area contributed by atoms with Gasteiger partial charge < -0.3 is 20.1 Å². The Morgan fingerprint density at radius 3 is 2.65 bits per heavy atom. The van der Waals surface area contributed by atoms with Crippen LogP contribution in [0.25, 0.3) is 0 Å². The fraction of sp³-hybridized carbons (Fsp3) is 0.581. The molecule has 3 fully saturated rings. The van der Waals surface area contributed by atoms with Gasteiger partial charge in [0.1, 0.15) is 23.3 Å². The summed E-state index contributed by atoms with van der Waals surface area (Å²) in [7, 11) is 0. The second kappa shape index (κ2) is 9.94. The van der Waals surface area contributed by atoms with E-state index in [0.29, 0.717) is 18.5 Å². The van der Waals surface area contributed by atoms with Crippen molar-refractivity contribution in [3.63, 3.8) is 0 Å². The molecule has 3 N–H and O–H groups in total. The zero-order valence-electron chi connectivity index (χ0n) is 23.8. The molecule has 0 aliphatic heterocycles. The van der Waals surface area contributed by atoms with Crippen LogP contribution in [-0.2, 0) is 16.1 Å². The number of esters is 1. The monoisotopic (exact) mass is 548 g/mol. The molecule has 2 unspecified atom stereocenters. The number of carbonyl (C=O) groups excluding carboxylic acids is 2. The van der Waals surface area contributed by atoms with E-state index in [-0.39, 0.29) is 46.9 Å².